The number of aromatic nitrogens is 1. The zero-order valence-electron chi connectivity index (χ0n) is 11.2. The predicted octanol–water partition coefficient (Wildman–Crippen LogP) is 1.85. The van der Waals surface area contributed by atoms with E-state index in [9.17, 15) is 9.59 Å². The molecule has 1 heterocycles. The number of hydrogen-bond donors (Lipinski definition) is 2. The molecule has 1 amide bonds. The van der Waals surface area contributed by atoms with Gasteiger partial charge in [0.15, 0.2) is 0 Å². The molecule has 100 valence electrons. The Kier molecular flexibility index (Phi) is 3.40. The van der Waals surface area contributed by atoms with Crippen LogP contribution in [-0.2, 0) is 0 Å². The van der Waals surface area contributed by atoms with E-state index in [4.69, 9.17) is 5.84 Å². The SMILES string of the molecule is Cc1c(C(=O)NN)c2ccccc2n1C(=O)C(C)C. The average Bonchev–Trinajstić information content (AvgIpc) is 2.69. The van der Waals surface area contributed by atoms with Gasteiger partial charge in [0.25, 0.3) is 5.91 Å². The van der Waals surface area contributed by atoms with E-state index in [0.29, 0.717) is 11.3 Å². The summed E-state index contributed by atoms with van der Waals surface area (Å²) < 4.78 is 1.59. The van der Waals surface area contributed by atoms with Gasteiger partial charge in [0, 0.05) is 17.0 Å². The molecule has 1 aromatic heterocycles. The van der Waals surface area contributed by atoms with Crippen LogP contribution in [0.15, 0.2) is 24.3 Å². The number of hydrogen-bond acceptors (Lipinski definition) is 3. The first-order valence-electron chi connectivity index (χ1n) is 6.14. The summed E-state index contributed by atoms with van der Waals surface area (Å²) in [7, 11) is 0. The zero-order chi connectivity index (χ0) is 14.2. The van der Waals surface area contributed by atoms with Crippen LogP contribution in [0, 0.1) is 12.8 Å². The van der Waals surface area contributed by atoms with Gasteiger partial charge in [-0.2, -0.15) is 0 Å². The molecule has 0 saturated carbocycles. The highest BCUT2D eigenvalue weighted by Gasteiger charge is 2.23. The molecular weight excluding hydrogens is 242 g/mol. The van der Waals surface area contributed by atoms with Crippen LogP contribution in [0.3, 0.4) is 0 Å². The second-order valence-electron chi connectivity index (χ2n) is 4.78. The Morgan fingerprint density at radius 3 is 2.47 bits per heavy atom. The maximum atomic E-state index is 12.3. The first-order chi connectivity index (χ1) is 8.99. The minimum Gasteiger partial charge on any atom is -0.290 e. The summed E-state index contributed by atoms with van der Waals surface area (Å²) in [5.41, 5.74) is 3.93. The molecule has 1 aromatic carbocycles. The normalized spacial score (nSPS) is 11.0. The second kappa shape index (κ2) is 4.85. The van der Waals surface area contributed by atoms with Crippen molar-refractivity contribution < 1.29 is 9.59 Å². The van der Waals surface area contributed by atoms with Crippen LogP contribution in [0.2, 0.25) is 0 Å². The number of fused-ring (bicyclic) bond motifs is 1. The fraction of sp³-hybridized carbons (Fsp3) is 0.286. The predicted molar refractivity (Wildman–Crippen MR) is 73.8 cm³/mol. The van der Waals surface area contributed by atoms with Gasteiger partial charge < -0.3 is 0 Å². The van der Waals surface area contributed by atoms with Crippen LogP contribution >= 0.6 is 0 Å². The Morgan fingerprint density at radius 1 is 1.26 bits per heavy atom. The van der Waals surface area contributed by atoms with Crippen molar-refractivity contribution in [3.05, 3.63) is 35.5 Å². The molecule has 5 nitrogen and oxygen atoms in total. The van der Waals surface area contributed by atoms with Gasteiger partial charge >= 0.3 is 0 Å². The van der Waals surface area contributed by atoms with Gasteiger partial charge in [-0.1, -0.05) is 32.0 Å². The summed E-state index contributed by atoms with van der Waals surface area (Å²) in [4.78, 5) is 24.2. The highest BCUT2D eigenvalue weighted by Crippen LogP contribution is 2.26. The number of nitrogen functional groups attached to an aromatic ring is 1. The first kappa shape index (κ1) is 13.3. The van der Waals surface area contributed by atoms with Crippen LogP contribution in [0.1, 0.15) is 34.7 Å². The number of rotatable bonds is 2. The molecule has 19 heavy (non-hydrogen) atoms. The Balaban J connectivity index is 2.82. The number of carbonyl (C=O) groups is 2. The molecule has 3 N–H and O–H groups in total. The summed E-state index contributed by atoms with van der Waals surface area (Å²) >= 11 is 0. The number of amides is 1. The van der Waals surface area contributed by atoms with Crippen molar-refractivity contribution in [3.63, 3.8) is 0 Å². The van der Waals surface area contributed by atoms with E-state index in [2.05, 4.69) is 5.43 Å². The van der Waals surface area contributed by atoms with E-state index < -0.39 is 0 Å². The van der Waals surface area contributed by atoms with Crippen LogP contribution in [0.5, 0.6) is 0 Å². The van der Waals surface area contributed by atoms with E-state index in [1.807, 2.05) is 38.1 Å². The third kappa shape index (κ3) is 2.02. The number of benzene rings is 1. The molecule has 0 aliphatic rings. The number of hydrazine groups is 1. The van der Waals surface area contributed by atoms with Gasteiger partial charge in [-0.3, -0.25) is 19.6 Å². The zero-order valence-corrected chi connectivity index (χ0v) is 11.2. The van der Waals surface area contributed by atoms with E-state index in [0.717, 1.165) is 10.9 Å². The molecule has 0 atom stereocenters. The van der Waals surface area contributed by atoms with Crippen LogP contribution in [0.25, 0.3) is 10.9 Å². The number of nitrogens with zero attached hydrogens (tertiary/aromatic N) is 1. The lowest BCUT2D eigenvalue weighted by molar-refractivity contribution is 0.0858. The van der Waals surface area contributed by atoms with Gasteiger partial charge in [0.05, 0.1) is 11.1 Å². The third-order valence-electron chi connectivity index (χ3n) is 3.18. The number of para-hydroxylation sites is 1. The lowest BCUT2D eigenvalue weighted by atomic mass is 10.1. The molecule has 0 radical (unpaired) electrons. The van der Waals surface area contributed by atoms with Crippen LogP contribution in [0.4, 0.5) is 0 Å². The van der Waals surface area contributed by atoms with Crippen molar-refractivity contribution in [2.75, 3.05) is 0 Å². The highest BCUT2D eigenvalue weighted by molar-refractivity contribution is 6.10. The maximum absolute atomic E-state index is 12.3. The van der Waals surface area contributed by atoms with Gasteiger partial charge in [0.2, 0.25) is 5.91 Å². The van der Waals surface area contributed by atoms with Crippen molar-refractivity contribution in [1.29, 1.82) is 0 Å². The maximum Gasteiger partial charge on any atom is 0.267 e. The Morgan fingerprint density at radius 2 is 1.89 bits per heavy atom. The average molecular weight is 259 g/mol. The topological polar surface area (TPSA) is 77.1 Å². The molecule has 0 fully saturated rings. The van der Waals surface area contributed by atoms with Crippen molar-refractivity contribution >= 4 is 22.7 Å². The Bertz CT molecular complexity index is 656. The van der Waals surface area contributed by atoms with Crippen molar-refractivity contribution in [2.45, 2.75) is 20.8 Å². The third-order valence-corrected chi connectivity index (χ3v) is 3.18. The number of nitrogens with one attached hydrogen (secondary N) is 1. The fourth-order valence-electron chi connectivity index (χ4n) is 2.27. The van der Waals surface area contributed by atoms with E-state index in [1.54, 1.807) is 11.5 Å². The van der Waals surface area contributed by atoms with Crippen molar-refractivity contribution in [1.82, 2.24) is 9.99 Å². The summed E-state index contributed by atoms with van der Waals surface area (Å²) in [6.07, 6.45) is 0. The van der Waals surface area contributed by atoms with Crippen LogP contribution in [-0.4, -0.2) is 16.4 Å². The minimum absolute atomic E-state index is 0.0372. The largest absolute Gasteiger partial charge is 0.290 e. The van der Waals surface area contributed by atoms with Crippen molar-refractivity contribution in [2.24, 2.45) is 11.8 Å². The quantitative estimate of drug-likeness (QED) is 0.491. The fourth-order valence-corrected chi connectivity index (χ4v) is 2.27. The summed E-state index contributed by atoms with van der Waals surface area (Å²) in [5.74, 6) is 4.64. The molecule has 0 aliphatic carbocycles. The molecule has 2 aromatic rings. The monoisotopic (exact) mass is 259 g/mol. The number of nitrogens with two attached hydrogens (primary N) is 1. The molecule has 2 rings (SSSR count). The summed E-state index contributed by atoms with van der Waals surface area (Å²) in [6, 6.07) is 7.32. The molecule has 0 aliphatic heterocycles. The van der Waals surface area contributed by atoms with Crippen LogP contribution < -0.4 is 11.3 Å². The lowest BCUT2D eigenvalue weighted by Gasteiger charge is -2.09. The van der Waals surface area contributed by atoms with E-state index >= 15 is 0 Å². The molecule has 0 saturated heterocycles. The minimum atomic E-state index is -0.385. The van der Waals surface area contributed by atoms with Gasteiger partial charge in [-0.25, -0.2) is 5.84 Å². The highest BCUT2D eigenvalue weighted by atomic mass is 16.2. The molecule has 0 unspecified atom stereocenters. The second-order valence-corrected chi connectivity index (χ2v) is 4.78. The van der Waals surface area contributed by atoms with Gasteiger partial charge in [0.1, 0.15) is 0 Å². The van der Waals surface area contributed by atoms with Gasteiger partial charge in [-0.05, 0) is 13.0 Å². The lowest BCUT2D eigenvalue weighted by Crippen LogP contribution is -2.30. The van der Waals surface area contributed by atoms with E-state index in [1.165, 1.54) is 0 Å². The Hall–Kier alpha value is -2.14. The molecule has 0 spiro atoms. The molecule has 0 bridgehead atoms. The summed E-state index contributed by atoms with van der Waals surface area (Å²) in [6.45, 7) is 5.42. The standard InChI is InChI=1S/C14H17N3O2/c1-8(2)14(19)17-9(3)12(13(18)16-15)10-6-4-5-7-11(10)17/h4-8H,15H2,1-3H3,(H,16,18). The molecule has 5 heteroatoms. The van der Waals surface area contributed by atoms with E-state index in [-0.39, 0.29) is 17.7 Å². The summed E-state index contributed by atoms with van der Waals surface area (Å²) in [5, 5.41) is 0.733. The Labute approximate surface area is 111 Å². The van der Waals surface area contributed by atoms with Gasteiger partial charge in [-0.15, -0.1) is 0 Å². The smallest absolute Gasteiger partial charge is 0.267 e. The number of carbonyl (C=O) groups excluding carboxylic acids is 2. The first-order valence-corrected chi connectivity index (χ1v) is 6.14. The van der Waals surface area contributed by atoms with Crippen molar-refractivity contribution in [3.8, 4) is 0 Å². The molecular formula is C14H17N3O2.